The van der Waals surface area contributed by atoms with E-state index in [9.17, 15) is 27.6 Å². The third-order valence-electron chi connectivity index (χ3n) is 5.00. The molecular formula is C21H16F3N3O4. The van der Waals surface area contributed by atoms with Gasteiger partial charge in [0, 0.05) is 5.39 Å². The van der Waals surface area contributed by atoms with Crippen molar-refractivity contribution in [1.82, 2.24) is 10.2 Å². The molecule has 1 saturated heterocycles. The summed E-state index contributed by atoms with van der Waals surface area (Å²) in [4.78, 5) is 38.3. The first-order valence-electron chi connectivity index (χ1n) is 9.19. The molecule has 0 aliphatic carbocycles. The molecule has 2 N–H and O–H groups in total. The highest BCUT2D eigenvalue weighted by Crippen LogP contribution is 2.35. The number of anilines is 1. The molecule has 7 nitrogen and oxygen atoms in total. The number of urea groups is 1. The second-order valence-corrected chi connectivity index (χ2v) is 7.19. The number of imide groups is 1. The van der Waals surface area contributed by atoms with Crippen molar-refractivity contribution in [1.29, 1.82) is 0 Å². The predicted molar refractivity (Wildman–Crippen MR) is 104 cm³/mol. The molecule has 2 aromatic carbocycles. The molecule has 3 aromatic rings. The first-order chi connectivity index (χ1) is 14.6. The number of furan rings is 1. The Bertz CT molecular complexity index is 1170. The van der Waals surface area contributed by atoms with Crippen LogP contribution in [0.2, 0.25) is 0 Å². The van der Waals surface area contributed by atoms with E-state index in [0.29, 0.717) is 10.5 Å². The van der Waals surface area contributed by atoms with Crippen molar-refractivity contribution in [2.45, 2.75) is 18.6 Å². The molecule has 2 heterocycles. The summed E-state index contributed by atoms with van der Waals surface area (Å²) in [5.74, 6) is -1.53. The number of carbonyl (C=O) groups excluding carboxylic acids is 3. The highest BCUT2D eigenvalue weighted by Gasteiger charge is 2.51. The van der Waals surface area contributed by atoms with E-state index < -0.39 is 47.4 Å². The number of nitrogens with zero attached hydrogens (tertiary/aromatic N) is 1. The van der Waals surface area contributed by atoms with E-state index in [0.717, 1.165) is 17.5 Å². The molecule has 4 rings (SSSR count). The molecule has 0 spiro atoms. The van der Waals surface area contributed by atoms with Crippen LogP contribution in [0.3, 0.4) is 0 Å². The van der Waals surface area contributed by atoms with Crippen molar-refractivity contribution < 1.29 is 32.0 Å². The number of halogens is 3. The fraction of sp³-hybridized carbons (Fsp3) is 0.190. The number of hydrogen-bond acceptors (Lipinski definition) is 4. The summed E-state index contributed by atoms with van der Waals surface area (Å²) in [6.07, 6.45) is -4.68. The standard InChI is InChI=1S/C21H16F3N3O4/c1-20(16-10-12-6-2-5-9-15(12)31-16)18(29)27(19(30)26-20)11-17(28)25-14-8-4-3-7-13(14)21(22,23)24/h2-10H,11H2,1H3,(H,25,28)(H,26,30). The molecule has 4 amide bonds. The molecule has 160 valence electrons. The van der Waals surface area contributed by atoms with Gasteiger partial charge >= 0.3 is 12.2 Å². The van der Waals surface area contributed by atoms with Gasteiger partial charge in [-0.15, -0.1) is 0 Å². The van der Waals surface area contributed by atoms with Gasteiger partial charge in [-0.1, -0.05) is 30.3 Å². The van der Waals surface area contributed by atoms with Crippen LogP contribution in [-0.2, 0) is 21.3 Å². The Labute approximate surface area is 173 Å². The maximum absolute atomic E-state index is 13.1. The quantitative estimate of drug-likeness (QED) is 0.614. The molecule has 1 fully saturated rings. The van der Waals surface area contributed by atoms with Crippen molar-refractivity contribution in [2.75, 3.05) is 11.9 Å². The average molecular weight is 431 g/mol. The van der Waals surface area contributed by atoms with E-state index in [4.69, 9.17) is 4.42 Å². The maximum atomic E-state index is 13.1. The van der Waals surface area contributed by atoms with Crippen molar-refractivity contribution in [3.05, 3.63) is 65.9 Å². The first-order valence-corrected chi connectivity index (χ1v) is 9.19. The van der Waals surface area contributed by atoms with E-state index in [1.54, 1.807) is 30.3 Å². The lowest BCUT2D eigenvalue weighted by Gasteiger charge is -2.19. The summed E-state index contributed by atoms with van der Waals surface area (Å²) in [6.45, 7) is 0.675. The van der Waals surface area contributed by atoms with E-state index >= 15 is 0 Å². The van der Waals surface area contributed by atoms with Crippen LogP contribution in [0.15, 0.2) is 59.0 Å². The van der Waals surface area contributed by atoms with E-state index in [1.165, 1.54) is 19.1 Å². The van der Waals surface area contributed by atoms with Crippen molar-refractivity contribution in [3.8, 4) is 0 Å². The Morgan fingerprint density at radius 2 is 1.81 bits per heavy atom. The molecule has 0 radical (unpaired) electrons. The fourth-order valence-corrected chi connectivity index (χ4v) is 3.41. The first kappa shape index (κ1) is 20.5. The lowest BCUT2D eigenvalue weighted by atomic mass is 9.99. The van der Waals surface area contributed by atoms with Crippen molar-refractivity contribution in [2.24, 2.45) is 0 Å². The van der Waals surface area contributed by atoms with E-state index in [2.05, 4.69) is 10.6 Å². The summed E-state index contributed by atoms with van der Waals surface area (Å²) < 4.78 is 45.0. The Morgan fingerprint density at radius 3 is 2.52 bits per heavy atom. The molecule has 1 atom stereocenters. The Kier molecular flexibility index (Phi) is 4.72. The van der Waals surface area contributed by atoms with Crippen LogP contribution in [0.1, 0.15) is 18.2 Å². The monoisotopic (exact) mass is 431 g/mol. The van der Waals surface area contributed by atoms with Gasteiger partial charge in [-0.25, -0.2) is 4.79 Å². The van der Waals surface area contributed by atoms with Crippen LogP contribution in [0.5, 0.6) is 0 Å². The van der Waals surface area contributed by atoms with Gasteiger partial charge in [0.2, 0.25) is 5.91 Å². The highest BCUT2D eigenvalue weighted by molar-refractivity contribution is 6.10. The number of para-hydroxylation sites is 2. The summed E-state index contributed by atoms with van der Waals surface area (Å²) in [5.41, 5.74) is -2.54. The number of benzene rings is 2. The minimum Gasteiger partial charge on any atom is -0.458 e. The van der Waals surface area contributed by atoms with Crippen LogP contribution in [0, 0.1) is 0 Å². The van der Waals surface area contributed by atoms with Crippen LogP contribution >= 0.6 is 0 Å². The molecule has 1 unspecified atom stereocenters. The second kappa shape index (κ2) is 7.15. The number of alkyl halides is 3. The molecule has 0 bridgehead atoms. The predicted octanol–water partition coefficient (Wildman–Crippen LogP) is 3.86. The SMILES string of the molecule is CC1(c2cc3ccccc3o2)NC(=O)N(CC(=O)Nc2ccccc2C(F)(F)F)C1=O. The van der Waals surface area contributed by atoms with E-state index in [-0.39, 0.29) is 5.76 Å². The number of hydrogen-bond donors (Lipinski definition) is 2. The van der Waals surface area contributed by atoms with Crippen molar-refractivity contribution in [3.63, 3.8) is 0 Å². The molecule has 0 saturated carbocycles. The summed E-state index contributed by atoms with van der Waals surface area (Å²) in [7, 11) is 0. The normalized spacial score (nSPS) is 19.0. The zero-order chi connectivity index (χ0) is 22.4. The molecule has 1 aromatic heterocycles. The molecule has 1 aliphatic rings. The van der Waals surface area contributed by atoms with Gasteiger partial charge in [-0.3, -0.25) is 14.5 Å². The largest absolute Gasteiger partial charge is 0.458 e. The number of fused-ring (bicyclic) bond motifs is 1. The zero-order valence-electron chi connectivity index (χ0n) is 16.1. The van der Waals surface area contributed by atoms with Gasteiger partial charge in [0.05, 0.1) is 11.3 Å². The van der Waals surface area contributed by atoms with Crippen LogP contribution in [0.4, 0.5) is 23.7 Å². The van der Waals surface area contributed by atoms with Gasteiger partial charge in [-0.2, -0.15) is 13.2 Å². The lowest BCUT2D eigenvalue weighted by molar-refractivity contribution is -0.137. The topological polar surface area (TPSA) is 91.7 Å². The lowest BCUT2D eigenvalue weighted by Crippen LogP contribution is -2.42. The Balaban J connectivity index is 1.54. The number of carbonyl (C=O) groups is 3. The average Bonchev–Trinajstić information content (AvgIpc) is 3.23. The number of rotatable bonds is 4. The third-order valence-corrected chi connectivity index (χ3v) is 5.00. The van der Waals surface area contributed by atoms with Gasteiger partial charge in [0.25, 0.3) is 5.91 Å². The van der Waals surface area contributed by atoms with Gasteiger partial charge in [0.15, 0.2) is 5.54 Å². The van der Waals surface area contributed by atoms with Gasteiger partial charge in [0.1, 0.15) is 17.9 Å². The summed E-state index contributed by atoms with van der Waals surface area (Å²) >= 11 is 0. The third kappa shape index (κ3) is 3.60. The Morgan fingerprint density at radius 1 is 1.13 bits per heavy atom. The van der Waals surface area contributed by atoms with Crippen LogP contribution in [-0.4, -0.2) is 29.3 Å². The molecule has 1 aliphatic heterocycles. The minimum absolute atomic E-state index is 0.178. The molecule has 31 heavy (non-hydrogen) atoms. The maximum Gasteiger partial charge on any atom is 0.418 e. The van der Waals surface area contributed by atoms with Crippen LogP contribution < -0.4 is 10.6 Å². The summed E-state index contributed by atoms with van der Waals surface area (Å²) in [6, 6.07) is 12.2. The zero-order valence-corrected chi connectivity index (χ0v) is 16.1. The minimum atomic E-state index is -4.68. The van der Waals surface area contributed by atoms with Crippen LogP contribution in [0.25, 0.3) is 11.0 Å². The summed E-state index contributed by atoms with van der Waals surface area (Å²) in [5, 5.41) is 5.34. The fourth-order valence-electron chi connectivity index (χ4n) is 3.41. The smallest absolute Gasteiger partial charge is 0.418 e. The molecule has 10 heteroatoms. The van der Waals surface area contributed by atoms with Gasteiger partial charge in [-0.05, 0) is 31.2 Å². The number of amides is 4. The number of nitrogens with one attached hydrogen (secondary N) is 2. The Hall–Kier alpha value is -3.82. The van der Waals surface area contributed by atoms with E-state index in [1.807, 2.05) is 0 Å². The highest BCUT2D eigenvalue weighted by atomic mass is 19.4. The molecular weight excluding hydrogens is 415 g/mol. The second-order valence-electron chi connectivity index (χ2n) is 7.19. The van der Waals surface area contributed by atoms with Gasteiger partial charge < -0.3 is 15.1 Å². The van der Waals surface area contributed by atoms with Crippen molar-refractivity contribution >= 4 is 34.5 Å².